The fourth-order valence-corrected chi connectivity index (χ4v) is 2.17. The number of Topliss-reactive ketones (excluding diaryl/α,β-unsaturated/α-hetero) is 2. The number of carbonyl (C=O) groups excluding carboxylic acids is 2. The van der Waals surface area contributed by atoms with E-state index in [1.807, 2.05) is 24.4 Å². The van der Waals surface area contributed by atoms with E-state index in [9.17, 15) is 9.59 Å². The SMILES string of the molecule is Cc1ccc(C(=O)CC(=O)c2ccsc2)cc1. The van der Waals surface area contributed by atoms with Gasteiger partial charge in [-0.1, -0.05) is 29.8 Å². The summed E-state index contributed by atoms with van der Waals surface area (Å²) in [5, 5.41) is 3.61. The van der Waals surface area contributed by atoms with Crippen LogP contribution in [-0.4, -0.2) is 11.6 Å². The van der Waals surface area contributed by atoms with Gasteiger partial charge in [0.1, 0.15) is 0 Å². The molecule has 17 heavy (non-hydrogen) atoms. The molecule has 0 N–H and O–H groups in total. The van der Waals surface area contributed by atoms with Crippen LogP contribution in [0.5, 0.6) is 0 Å². The van der Waals surface area contributed by atoms with Gasteiger partial charge < -0.3 is 0 Å². The molecule has 0 saturated heterocycles. The van der Waals surface area contributed by atoms with E-state index in [0.29, 0.717) is 11.1 Å². The molecule has 2 aromatic rings. The Kier molecular flexibility index (Phi) is 3.49. The second-order valence-corrected chi connectivity index (χ2v) is 4.68. The van der Waals surface area contributed by atoms with Crippen molar-refractivity contribution in [3.8, 4) is 0 Å². The first kappa shape index (κ1) is 11.7. The van der Waals surface area contributed by atoms with Gasteiger partial charge >= 0.3 is 0 Å². The molecule has 0 saturated carbocycles. The van der Waals surface area contributed by atoms with Crippen molar-refractivity contribution in [2.75, 3.05) is 0 Å². The lowest BCUT2D eigenvalue weighted by atomic mass is 10.0. The fourth-order valence-electron chi connectivity index (χ4n) is 1.51. The molecule has 0 aliphatic heterocycles. The summed E-state index contributed by atoms with van der Waals surface area (Å²) >= 11 is 1.46. The number of hydrogen-bond acceptors (Lipinski definition) is 3. The van der Waals surface area contributed by atoms with Crippen LogP contribution >= 0.6 is 11.3 Å². The number of aryl methyl sites for hydroxylation is 1. The molecule has 0 unspecified atom stereocenters. The number of carbonyl (C=O) groups is 2. The Morgan fingerprint density at radius 3 is 2.24 bits per heavy atom. The van der Waals surface area contributed by atoms with E-state index in [0.717, 1.165) is 5.56 Å². The summed E-state index contributed by atoms with van der Waals surface area (Å²) in [7, 11) is 0. The molecule has 0 aliphatic carbocycles. The molecule has 2 nitrogen and oxygen atoms in total. The highest BCUT2D eigenvalue weighted by atomic mass is 32.1. The zero-order chi connectivity index (χ0) is 12.3. The Bertz CT molecular complexity index is 524. The van der Waals surface area contributed by atoms with Gasteiger partial charge in [0.2, 0.25) is 0 Å². The van der Waals surface area contributed by atoms with Gasteiger partial charge in [0, 0.05) is 16.5 Å². The number of ketones is 2. The van der Waals surface area contributed by atoms with E-state index in [1.165, 1.54) is 11.3 Å². The van der Waals surface area contributed by atoms with Crippen LogP contribution in [0.15, 0.2) is 41.1 Å². The maximum Gasteiger partial charge on any atom is 0.171 e. The third-order valence-electron chi connectivity index (χ3n) is 2.54. The molecule has 1 aromatic heterocycles. The van der Waals surface area contributed by atoms with E-state index >= 15 is 0 Å². The molecular formula is C14H12O2S. The van der Waals surface area contributed by atoms with E-state index in [-0.39, 0.29) is 18.0 Å². The van der Waals surface area contributed by atoms with Crippen molar-refractivity contribution in [1.29, 1.82) is 0 Å². The second kappa shape index (κ2) is 5.06. The molecule has 0 bridgehead atoms. The first-order valence-corrected chi connectivity index (χ1v) is 6.26. The molecule has 0 fully saturated rings. The average Bonchev–Trinajstić information content (AvgIpc) is 2.83. The molecule has 86 valence electrons. The van der Waals surface area contributed by atoms with Crippen molar-refractivity contribution in [1.82, 2.24) is 0 Å². The Morgan fingerprint density at radius 2 is 1.65 bits per heavy atom. The number of hydrogen-bond donors (Lipinski definition) is 0. The number of benzene rings is 1. The maximum absolute atomic E-state index is 11.8. The van der Waals surface area contributed by atoms with Gasteiger partial charge in [0.15, 0.2) is 11.6 Å². The van der Waals surface area contributed by atoms with Crippen molar-refractivity contribution >= 4 is 22.9 Å². The first-order valence-electron chi connectivity index (χ1n) is 5.32. The zero-order valence-electron chi connectivity index (χ0n) is 9.47. The highest BCUT2D eigenvalue weighted by molar-refractivity contribution is 7.08. The molecule has 1 aromatic carbocycles. The first-order chi connectivity index (χ1) is 8.16. The van der Waals surface area contributed by atoms with Gasteiger partial charge in [-0.25, -0.2) is 0 Å². The standard InChI is InChI=1S/C14H12O2S/c1-10-2-4-11(5-3-10)13(15)8-14(16)12-6-7-17-9-12/h2-7,9H,8H2,1H3. The predicted octanol–water partition coefficient (Wildman–Crippen LogP) is 3.51. The van der Waals surface area contributed by atoms with Gasteiger partial charge in [-0.3, -0.25) is 9.59 Å². The minimum Gasteiger partial charge on any atom is -0.294 e. The van der Waals surface area contributed by atoms with Gasteiger partial charge in [0.05, 0.1) is 6.42 Å². The van der Waals surface area contributed by atoms with Gasteiger partial charge in [-0.15, -0.1) is 0 Å². The van der Waals surface area contributed by atoms with Crippen LogP contribution in [0.25, 0.3) is 0 Å². The van der Waals surface area contributed by atoms with Crippen molar-refractivity contribution in [3.63, 3.8) is 0 Å². The van der Waals surface area contributed by atoms with Crippen molar-refractivity contribution < 1.29 is 9.59 Å². The summed E-state index contributed by atoms with van der Waals surface area (Å²) in [6, 6.07) is 9.02. The van der Waals surface area contributed by atoms with Crippen LogP contribution in [-0.2, 0) is 0 Å². The smallest absolute Gasteiger partial charge is 0.171 e. The lowest BCUT2D eigenvalue weighted by molar-refractivity contribution is 0.0894. The van der Waals surface area contributed by atoms with Gasteiger partial charge in [-0.05, 0) is 18.4 Å². The molecule has 2 rings (SSSR count). The van der Waals surface area contributed by atoms with Gasteiger partial charge in [0.25, 0.3) is 0 Å². The monoisotopic (exact) mass is 244 g/mol. The van der Waals surface area contributed by atoms with Crippen molar-refractivity contribution in [2.45, 2.75) is 13.3 Å². The van der Waals surface area contributed by atoms with E-state index in [2.05, 4.69) is 0 Å². The molecule has 1 heterocycles. The quantitative estimate of drug-likeness (QED) is 0.609. The van der Waals surface area contributed by atoms with Crippen LogP contribution in [0.4, 0.5) is 0 Å². The largest absolute Gasteiger partial charge is 0.294 e. The van der Waals surface area contributed by atoms with Crippen molar-refractivity contribution in [3.05, 3.63) is 57.8 Å². The molecule has 0 amide bonds. The average molecular weight is 244 g/mol. The predicted molar refractivity (Wildman–Crippen MR) is 68.8 cm³/mol. The van der Waals surface area contributed by atoms with Crippen LogP contribution in [0.1, 0.15) is 32.7 Å². The summed E-state index contributed by atoms with van der Waals surface area (Å²) < 4.78 is 0. The van der Waals surface area contributed by atoms with E-state index < -0.39 is 0 Å². The number of thiophene rings is 1. The zero-order valence-corrected chi connectivity index (χ0v) is 10.3. The highest BCUT2D eigenvalue weighted by Crippen LogP contribution is 2.12. The Morgan fingerprint density at radius 1 is 1.00 bits per heavy atom. The number of rotatable bonds is 4. The third kappa shape index (κ3) is 2.88. The van der Waals surface area contributed by atoms with Crippen LogP contribution in [0.3, 0.4) is 0 Å². The Balaban J connectivity index is 2.07. The molecule has 0 atom stereocenters. The van der Waals surface area contributed by atoms with Crippen LogP contribution in [0.2, 0.25) is 0 Å². The minimum absolute atomic E-state index is 0.0558. The van der Waals surface area contributed by atoms with Crippen molar-refractivity contribution in [2.24, 2.45) is 0 Å². The van der Waals surface area contributed by atoms with Crippen LogP contribution < -0.4 is 0 Å². The Hall–Kier alpha value is -1.74. The van der Waals surface area contributed by atoms with Gasteiger partial charge in [-0.2, -0.15) is 11.3 Å². The third-order valence-corrected chi connectivity index (χ3v) is 3.22. The molecular weight excluding hydrogens is 232 g/mol. The van der Waals surface area contributed by atoms with E-state index in [1.54, 1.807) is 23.6 Å². The highest BCUT2D eigenvalue weighted by Gasteiger charge is 2.13. The summed E-state index contributed by atoms with van der Waals surface area (Å²) in [4.78, 5) is 23.6. The summed E-state index contributed by atoms with van der Waals surface area (Å²) in [5.74, 6) is -0.238. The lowest BCUT2D eigenvalue weighted by Crippen LogP contribution is -2.07. The topological polar surface area (TPSA) is 34.1 Å². The van der Waals surface area contributed by atoms with E-state index in [4.69, 9.17) is 0 Å². The van der Waals surface area contributed by atoms with Crippen LogP contribution in [0, 0.1) is 6.92 Å². The Labute approximate surface area is 104 Å². The second-order valence-electron chi connectivity index (χ2n) is 3.90. The maximum atomic E-state index is 11.8. The summed E-state index contributed by atoms with van der Waals surface area (Å²) in [6.07, 6.45) is -0.0558. The summed E-state index contributed by atoms with van der Waals surface area (Å²) in [5.41, 5.74) is 2.32. The normalized spacial score (nSPS) is 10.2. The molecule has 0 radical (unpaired) electrons. The minimum atomic E-state index is -0.124. The molecule has 0 spiro atoms. The summed E-state index contributed by atoms with van der Waals surface area (Å²) in [6.45, 7) is 1.96. The lowest BCUT2D eigenvalue weighted by Gasteiger charge is -2.00. The fraction of sp³-hybridized carbons (Fsp3) is 0.143. The molecule has 0 aliphatic rings. The molecule has 3 heteroatoms.